The van der Waals surface area contributed by atoms with Gasteiger partial charge in [0.25, 0.3) is 5.91 Å². The second-order valence-corrected chi connectivity index (χ2v) is 9.69. The molecule has 9 nitrogen and oxygen atoms in total. The Kier molecular flexibility index (Phi) is 11.0. The van der Waals surface area contributed by atoms with E-state index in [0.717, 1.165) is 5.56 Å². The third-order valence-corrected chi connectivity index (χ3v) is 6.16. The van der Waals surface area contributed by atoms with Crippen molar-refractivity contribution in [3.05, 3.63) is 77.1 Å². The number of ether oxygens (including phenoxy) is 1. The van der Waals surface area contributed by atoms with Crippen molar-refractivity contribution in [1.82, 2.24) is 15.5 Å². The number of oxime groups is 1. The SMILES string of the molecule is CC=C(O/N=C(\C)c1ccc(C(=O)NC(C)CCO)c(F)c1)C(CC)Oc1ccc(-c2noc(C(C)C)n2)cc1. The fourth-order valence-corrected chi connectivity index (χ4v) is 3.74. The van der Waals surface area contributed by atoms with Crippen LogP contribution in [0.3, 0.4) is 0 Å². The van der Waals surface area contributed by atoms with Crippen LogP contribution in [0, 0.1) is 5.82 Å². The molecule has 0 aliphatic heterocycles. The molecule has 0 saturated heterocycles. The molecule has 2 aromatic carbocycles. The summed E-state index contributed by atoms with van der Waals surface area (Å²) in [5, 5.41) is 19.9. The van der Waals surface area contributed by atoms with Gasteiger partial charge in [-0.25, -0.2) is 4.39 Å². The maximum Gasteiger partial charge on any atom is 0.254 e. The fraction of sp³-hybridized carbons (Fsp3) is 0.400. The fourth-order valence-electron chi connectivity index (χ4n) is 3.74. The monoisotopic (exact) mass is 552 g/mol. The van der Waals surface area contributed by atoms with E-state index in [1.165, 1.54) is 12.1 Å². The van der Waals surface area contributed by atoms with Gasteiger partial charge in [0, 0.05) is 29.7 Å². The molecular formula is C30H37FN4O5. The molecule has 0 aliphatic rings. The number of benzene rings is 2. The normalized spacial score (nSPS) is 13.7. The zero-order valence-corrected chi connectivity index (χ0v) is 23.8. The van der Waals surface area contributed by atoms with Crippen LogP contribution >= 0.6 is 0 Å². The molecule has 2 unspecified atom stereocenters. The lowest BCUT2D eigenvalue weighted by Gasteiger charge is -2.19. The maximum absolute atomic E-state index is 14.7. The highest BCUT2D eigenvalue weighted by Crippen LogP contribution is 2.25. The van der Waals surface area contributed by atoms with Crippen molar-refractivity contribution < 1.29 is 28.4 Å². The lowest BCUT2D eigenvalue weighted by Crippen LogP contribution is -2.33. The number of hydrogen-bond acceptors (Lipinski definition) is 8. The first-order valence-corrected chi connectivity index (χ1v) is 13.4. The van der Waals surface area contributed by atoms with E-state index in [4.69, 9.17) is 19.2 Å². The van der Waals surface area contributed by atoms with Gasteiger partial charge >= 0.3 is 0 Å². The number of carbonyl (C=O) groups is 1. The molecule has 0 saturated carbocycles. The molecule has 3 aromatic rings. The molecule has 0 bridgehead atoms. The van der Waals surface area contributed by atoms with Gasteiger partial charge in [0.2, 0.25) is 11.7 Å². The highest BCUT2D eigenvalue weighted by atomic mass is 19.1. The quantitative estimate of drug-likeness (QED) is 0.152. The topological polar surface area (TPSA) is 119 Å². The summed E-state index contributed by atoms with van der Waals surface area (Å²) in [6, 6.07) is 11.4. The highest BCUT2D eigenvalue weighted by molar-refractivity contribution is 6.00. The molecule has 1 aromatic heterocycles. The number of rotatable bonds is 13. The summed E-state index contributed by atoms with van der Waals surface area (Å²) >= 11 is 0. The number of aromatic nitrogens is 2. The van der Waals surface area contributed by atoms with Gasteiger partial charge in [-0.2, -0.15) is 4.98 Å². The van der Waals surface area contributed by atoms with Crippen molar-refractivity contribution in [2.75, 3.05) is 6.61 Å². The summed E-state index contributed by atoms with van der Waals surface area (Å²) in [5.41, 5.74) is 1.63. The van der Waals surface area contributed by atoms with Crippen molar-refractivity contribution in [1.29, 1.82) is 0 Å². The number of halogens is 1. The number of carbonyl (C=O) groups excluding carboxylic acids is 1. The number of nitrogens with zero attached hydrogens (tertiary/aromatic N) is 3. The minimum Gasteiger partial charge on any atom is -0.482 e. The van der Waals surface area contributed by atoms with E-state index in [2.05, 4.69) is 20.6 Å². The molecule has 2 atom stereocenters. The summed E-state index contributed by atoms with van der Waals surface area (Å²) < 4.78 is 26.1. The lowest BCUT2D eigenvalue weighted by molar-refractivity contribution is 0.0930. The Morgan fingerprint density at radius 1 is 1.20 bits per heavy atom. The highest BCUT2D eigenvalue weighted by Gasteiger charge is 2.18. The Morgan fingerprint density at radius 2 is 1.93 bits per heavy atom. The van der Waals surface area contributed by atoms with Gasteiger partial charge in [0.05, 0.1) is 11.3 Å². The molecule has 10 heteroatoms. The summed E-state index contributed by atoms with van der Waals surface area (Å²) in [5.74, 6) is 1.17. The van der Waals surface area contributed by atoms with E-state index in [1.54, 1.807) is 26.0 Å². The standard InChI is InChI=1S/C30H37FN4O5/c1-7-26(38-23-12-9-21(10-13-23)28-33-30(18(3)4)40-35-28)27(8-2)39-34-20(6)22-11-14-24(25(31)17-22)29(37)32-19(5)15-16-36/h8-14,17-19,26,36H,7,15-16H2,1-6H3,(H,32,37)/b27-8?,34-20+. The second kappa shape index (κ2) is 14.4. The maximum atomic E-state index is 14.7. The second-order valence-electron chi connectivity index (χ2n) is 9.69. The van der Waals surface area contributed by atoms with Crippen LogP contribution in [-0.2, 0) is 4.84 Å². The van der Waals surface area contributed by atoms with Crippen LogP contribution in [0.2, 0.25) is 0 Å². The molecule has 0 spiro atoms. The van der Waals surface area contributed by atoms with Crippen molar-refractivity contribution >= 4 is 11.6 Å². The number of nitrogens with one attached hydrogen (secondary N) is 1. The van der Waals surface area contributed by atoms with E-state index in [1.807, 2.05) is 52.0 Å². The number of aliphatic hydroxyl groups is 1. The van der Waals surface area contributed by atoms with Gasteiger partial charge in [0.15, 0.2) is 11.9 Å². The average molecular weight is 553 g/mol. The van der Waals surface area contributed by atoms with Gasteiger partial charge in [-0.05, 0) is 76.1 Å². The molecule has 0 aliphatic carbocycles. The minimum absolute atomic E-state index is 0.0658. The van der Waals surface area contributed by atoms with Crippen LogP contribution in [-0.4, -0.2) is 45.6 Å². The molecule has 40 heavy (non-hydrogen) atoms. The molecule has 1 heterocycles. The van der Waals surface area contributed by atoms with Crippen molar-refractivity contribution in [3.63, 3.8) is 0 Å². The number of allylic oxidation sites excluding steroid dienone is 1. The Hall–Kier alpha value is -4.05. The van der Waals surface area contributed by atoms with Crippen LogP contribution in [0.4, 0.5) is 4.39 Å². The Bertz CT molecular complexity index is 1330. The number of amides is 1. The first-order valence-electron chi connectivity index (χ1n) is 13.4. The predicted octanol–water partition coefficient (Wildman–Crippen LogP) is 6.00. The van der Waals surface area contributed by atoms with Crippen LogP contribution in [0.25, 0.3) is 11.4 Å². The van der Waals surface area contributed by atoms with Crippen LogP contribution < -0.4 is 10.1 Å². The first-order chi connectivity index (χ1) is 19.2. The third-order valence-electron chi connectivity index (χ3n) is 6.16. The molecule has 0 radical (unpaired) electrons. The first kappa shape index (κ1) is 30.5. The number of hydrogen-bond donors (Lipinski definition) is 2. The molecule has 2 N–H and O–H groups in total. The van der Waals surface area contributed by atoms with Crippen molar-refractivity contribution in [3.8, 4) is 17.1 Å². The Labute approximate surface area is 234 Å². The summed E-state index contributed by atoms with van der Waals surface area (Å²) in [6.07, 6.45) is 2.36. The van der Waals surface area contributed by atoms with E-state index in [-0.39, 0.29) is 24.1 Å². The molecule has 3 rings (SSSR count). The predicted molar refractivity (Wildman–Crippen MR) is 151 cm³/mol. The summed E-state index contributed by atoms with van der Waals surface area (Å²) in [6.45, 7) is 11.1. The van der Waals surface area contributed by atoms with E-state index >= 15 is 0 Å². The molecule has 1 amide bonds. The smallest absolute Gasteiger partial charge is 0.254 e. The van der Waals surface area contributed by atoms with E-state index in [9.17, 15) is 9.18 Å². The summed E-state index contributed by atoms with van der Waals surface area (Å²) in [7, 11) is 0. The van der Waals surface area contributed by atoms with E-state index in [0.29, 0.717) is 47.3 Å². The van der Waals surface area contributed by atoms with Gasteiger partial charge in [-0.15, -0.1) is 0 Å². The summed E-state index contributed by atoms with van der Waals surface area (Å²) in [4.78, 5) is 22.5. The Balaban J connectivity index is 1.65. The zero-order chi connectivity index (χ0) is 29.2. The van der Waals surface area contributed by atoms with Crippen molar-refractivity contribution in [2.45, 2.75) is 72.4 Å². The largest absolute Gasteiger partial charge is 0.482 e. The van der Waals surface area contributed by atoms with Crippen LogP contribution in [0.1, 0.15) is 82.1 Å². The van der Waals surface area contributed by atoms with Gasteiger partial charge < -0.3 is 24.5 Å². The lowest BCUT2D eigenvalue weighted by atomic mass is 10.1. The van der Waals surface area contributed by atoms with Gasteiger partial charge in [0.1, 0.15) is 11.6 Å². The molecular weight excluding hydrogens is 515 g/mol. The van der Waals surface area contributed by atoms with Gasteiger partial charge in [-0.3, -0.25) is 4.79 Å². The van der Waals surface area contributed by atoms with Crippen LogP contribution in [0.15, 0.2) is 64.0 Å². The van der Waals surface area contributed by atoms with Crippen LogP contribution in [0.5, 0.6) is 5.75 Å². The van der Waals surface area contributed by atoms with Gasteiger partial charge in [-0.1, -0.05) is 37.1 Å². The van der Waals surface area contributed by atoms with E-state index < -0.39 is 17.8 Å². The minimum atomic E-state index is -0.675. The van der Waals surface area contributed by atoms with Crippen molar-refractivity contribution in [2.24, 2.45) is 5.16 Å². The number of aliphatic hydroxyl groups excluding tert-OH is 1. The molecule has 0 fully saturated rings. The zero-order valence-electron chi connectivity index (χ0n) is 23.8. The Morgan fingerprint density at radius 3 is 2.50 bits per heavy atom. The third kappa shape index (κ3) is 7.98. The average Bonchev–Trinajstić information content (AvgIpc) is 3.43. The molecule has 214 valence electrons.